The summed E-state index contributed by atoms with van der Waals surface area (Å²) in [6.45, 7) is 7.69. The van der Waals surface area contributed by atoms with Crippen LogP contribution in [-0.4, -0.2) is 70.8 Å². The third-order valence-electron chi connectivity index (χ3n) is 5.73. The second kappa shape index (κ2) is 14.7. The number of aryl methyl sites for hydroxylation is 1. The van der Waals surface area contributed by atoms with E-state index in [-0.39, 0.29) is 5.91 Å². The van der Waals surface area contributed by atoms with E-state index in [0.29, 0.717) is 12.3 Å². The highest BCUT2D eigenvalue weighted by molar-refractivity contribution is 9.10. The number of carboxylic acids is 2. The zero-order valence-corrected chi connectivity index (χ0v) is 23.7. The van der Waals surface area contributed by atoms with Crippen LogP contribution in [0, 0.1) is 0 Å². The van der Waals surface area contributed by atoms with Crippen LogP contribution in [-0.2, 0) is 22.4 Å². The number of hydrogen-bond acceptors (Lipinski definition) is 6. The molecule has 3 rings (SSSR count). The number of thioether (sulfide) groups is 1. The molecule has 0 aliphatic carbocycles. The zero-order chi connectivity index (χ0) is 27.5. The molecular weight excluding hydrogens is 562 g/mol. The fraction of sp³-hybridized carbons (Fsp3) is 0.346. The highest BCUT2D eigenvalue weighted by Crippen LogP contribution is 2.36. The maximum absolute atomic E-state index is 13.3. The van der Waals surface area contributed by atoms with Crippen LogP contribution < -0.4 is 10.1 Å². The molecule has 1 aromatic heterocycles. The van der Waals surface area contributed by atoms with Gasteiger partial charge in [-0.2, -0.15) is 0 Å². The number of nitrogens with zero attached hydrogens (tertiary/aromatic N) is 2. The van der Waals surface area contributed by atoms with Gasteiger partial charge in [-0.1, -0.05) is 32.0 Å². The van der Waals surface area contributed by atoms with Crippen LogP contribution in [0.5, 0.6) is 5.75 Å². The Bertz CT molecular complexity index is 1220. The number of hydrogen-bond donors (Lipinski definition) is 3. The van der Waals surface area contributed by atoms with Crippen LogP contribution in [0.15, 0.2) is 51.8 Å². The van der Waals surface area contributed by atoms with E-state index >= 15 is 0 Å². The van der Waals surface area contributed by atoms with E-state index in [9.17, 15) is 4.79 Å². The number of carbonyl (C=O) groups excluding carboxylic acids is 1. The Morgan fingerprint density at radius 3 is 2.24 bits per heavy atom. The zero-order valence-electron chi connectivity index (χ0n) is 21.3. The number of carbonyl (C=O) groups is 3. The molecule has 0 spiro atoms. The molecule has 0 bridgehead atoms. The summed E-state index contributed by atoms with van der Waals surface area (Å²) in [4.78, 5) is 35.0. The van der Waals surface area contributed by atoms with Gasteiger partial charge in [0, 0.05) is 41.9 Å². The van der Waals surface area contributed by atoms with E-state index in [1.54, 1.807) is 18.9 Å². The summed E-state index contributed by atoms with van der Waals surface area (Å²) in [5.41, 5.74) is 2.74. The number of rotatable bonds is 10. The van der Waals surface area contributed by atoms with Crippen molar-refractivity contribution in [1.29, 1.82) is 0 Å². The van der Waals surface area contributed by atoms with Gasteiger partial charge in [-0.15, -0.1) is 11.8 Å². The first-order valence-corrected chi connectivity index (χ1v) is 13.4. The normalized spacial score (nSPS) is 10.6. The number of aromatic nitrogens is 1. The molecule has 1 amide bonds. The lowest BCUT2D eigenvalue weighted by molar-refractivity contribution is -0.159. The van der Waals surface area contributed by atoms with Crippen LogP contribution in [0.25, 0.3) is 10.9 Å². The van der Waals surface area contributed by atoms with Crippen LogP contribution in [0.4, 0.5) is 0 Å². The van der Waals surface area contributed by atoms with E-state index in [0.717, 1.165) is 52.0 Å². The van der Waals surface area contributed by atoms with Crippen molar-refractivity contribution in [3.63, 3.8) is 0 Å². The van der Waals surface area contributed by atoms with Gasteiger partial charge in [0.25, 0.3) is 5.91 Å². The van der Waals surface area contributed by atoms with Crippen LogP contribution in [0.2, 0.25) is 0 Å². The van der Waals surface area contributed by atoms with Gasteiger partial charge in [0.15, 0.2) is 0 Å². The molecule has 3 aromatic rings. The average molecular weight is 595 g/mol. The summed E-state index contributed by atoms with van der Waals surface area (Å²) in [7, 11) is 3.67. The summed E-state index contributed by atoms with van der Waals surface area (Å²) >= 11 is 5.31. The molecule has 9 nitrogen and oxygen atoms in total. The summed E-state index contributed by atoms with van der Waals surface area (Å²) < 4.78 is 8.50. The topological polar surface area (TPSA) is 121 Å². The summed E-state index contributed by atoms with van der Waals surface area (Å²) in [5, 5.41) is 18.8. The standard InChI is InChI=1S/C24H30BrN3O2S.C2H2O4/c1-5-28(6-2)13-12-26-24(29)23-18-14-22(30-4)19(25)15-20(18)27(3)21(23)16-31-17-10-8-7-9-11-17;3-1(4)2(5)6/h7-11,14-15H,5-6,12-13,16H2,1-4H3,(H,26,29);(H,3,4)(H,5,6). The lowest BCUT2D eigenvalue weighted by Crippen LogP contribution is -2.35. The highest BCUT2D eigenvalue weighted by Gasteiger charge is 2.23. The number of carboxylic acid groups (broad SMARTS) is 2. The van der Waals surface area contributed by atoms with E-state index in [4.69, 9.17) is 24.5 Å². The number of halogens is 1. The molecule has 0 fully saturated rings. The quantitative estimate of drug-likeness (QED) is 0.232. The smallest absolute Gasteiger partial charge is 0.414 e. The Kier molecular flexibility index (Phi) is 12.0. The van der Waals surface area contributed by atoms with Gasteiger partial charge in [0.1, 0.15) is 5.75 Å². The van der Waals surface area contributed by atoms with E-state index in [1.807, 2.05) is 37.4 Å². The Hall–Kier alpha value is -3.02. The fourth-order valence-corrected chi connectivity index (χ4v) is 5.18. The predicted octanol–water partition coefficient (Wildman–Crippen LogP) is 4.47. The summed E-state index contributed by atoms with van der Waals surface area (Å²) in [6.07, 6.45) is 0. The largest absolute Gasteiger partial charge is 0.496 e. The Balaban J connectivity index is 0.000000717. The predicted molar refractivity (Wildman–Crippen MR) is 149 cm³/mol. The van der Waals surface area contributed by atoms with Crippen molar-refractivity contribution in [2.24, 2.45) is 7.05 Å². The number of fused-ring (bicyclic) bond motifs is 1. The Morgan fingerprint density at radius 2 is 1.70 bits per heavy atom. The molecule has 2 aromatic carbocycles. The van der Waals surface area contributed by atoms with Crippen molar-refractivity contribution in [1.82, 2.24) is 14.8 Å². The van der Waals surface area contributed by atoms with Gasteiger partial charge in [0.05, 0.1) is 22.7 Å². The van der Waals surface area contributed by atoms with E-state index in [1.165, 1.54) is 4.90 Å². The lowest BCUT2D eigenvalue weighted by atomic mass is 10.1. The SMILES string of the molecule is CCN(CC)CCNC(=O)c1c(CSc2ccccc2)n(C)c2cc(Br)c(OC)cc12.O=C(O)C(=O)O. The van der Waals surface area contributed by atoms with Crippen molar-refractivity contribution in [3.05, 3.63) is 58.2 Å². The second-order valence-corrected chi connectivity index (χ2v) is 9.78. The van der Waals surface area contributed by atoms with Gasteiger partial charge in [-0.05, 0) is 53.3 Å². The van der Waals surface area contributed by atoms with Crippen molar-refractivity contribution < 1.29 is 29.3 Å². The monoisotopic (exact) mass is 593 g/mol. The highest BCUT2D eigenvalue weighted by atomic mass is 79.9. The van der Waals surface area contributed by atoms with E-state index < -0.39 is 11.9 Å². The molecule has 0 saturated heterocycles. The number of aliphatic carboxylic acids is 2. The molecular formula is C26H32BrN3O6S. The van der Waals surface area contributed by atoms with Gasteiger partial charge < -0.3 is 29.7 Å². The molecule has 0 unspecified atom stereocenters. The minimum absolute atomic E-state index is 0.0363. The third kappa shape index (κ3) is 8.24. The van der Waals surface area contributed by atoms with Crippen molar-refractivity contribution >= 4 is 56.4 Å². The second-order valence-electron chi connectivity index (χ2n) is 7.88. The minimum atomic E-state index is -1.82. The first kappa shape index (κ1) is 30.2. The van der Waals surface area contributed by atoms with Crippen molar-refractivity contribution in [2.45, 2.75) is 24.5 Å². The fourth-order valence-electron chi connectivity index (χ4n) is 3.69. The first-order valence-electron chi connectivity index (χ1n) is 11.6. The third-order valence-corrected chi connectivity index (χ3v) is 7.37. The Labute approximate surface area is 228 Å². The molecule has 200 valence electrons. The lowest BCUT2D eigenvalue weighted by Gasteiger charge is -2.18. The number of nitrogens with one attached hydrogen (secondary N) is 1. The van der Waals surface area contributed by atoms with Gasteiger partial charge >= 0.3 is 11.9 Å². The van der Waals surface area contributed by atoms with Crippen LogP contribution in [0.3, 0.4) is 0 Å². The molecule has 11 heteroatoms. The average Bonchev–Trinajstić information content (AvgIpc) is 3.16. The van der Waals surface area contributed by atoms with E-state index in [2.05, 4.69) is 56.7 Å². The molecule has 0 saturated carbocycles. The van der Waals surface area contributed by atoms with Gasteiger partial charge in [0.2, 0.25) is 0 Å². The maximum Gasteiger partial charge on any atom is 0.414 e. The van der Waals surface area contributed by atoms with Gasteiger partial charge in [-0.25, -0.2) is 9.59 Å². The summed E-state index contributed by atoms with van der Waals surface area (Å²) in [6, 6.07) is 14.2. The molecule has 3 N–H and O–H groups in total. The van der Waals surface area contributed by atoms with Crippen LogP contribution in [0.1, 0.15) is 29.9 Å². The molecule has 0 atom stereocenters. The molecule has 0 aliphatic rings. The minimum Gasteiger partial charge on any atom is -0.496 e. The number of amides is 1. The molecule has 1 heterocycles. The Morgan fingerprint density at radius 1 is 1.08 bits per heavy atom. The molecule has 0 radical (unpaired) electrons. The number of methoxy groups -OCH3 is 1. The molecule has 37 heavy (non-hydrogen) atoms. The summed E-state index contributed by atoms with van der Waals surface area (Å²) in [5.74, 6) is -2.26. The number of likely N-dealkylation sites (N-methyl/N-ethyl adjacent to an activating group) is 1. The maximum atomic E-state index is 13.3. The number of benzene rings is 2. The molecule has 0 aliphatic heterocycles. The van der Waals surface area contributed by atoms with Gasteiger partial charge in [-0.3, -0.25) is 4.79 Å². The number of ether oxygens (including phenoxy) is 1. The van der Waals surface area contributed by atoms with Crippen molar-refractivity contribution in [2.75, 3.05) is 33.3 Å². The van der Waals surface area contributed by atoms with Crippen LogP contribution >= 0.6 is 27.7 Å². The van der Waals surface area contributed by atoms with Crippen molar-refractivity contribution in [3.8, 4) is 5.75 Å². The first-order chi connectivity index (χ1) is 17.6.